The van der Waals surface area contributed by atoms with Gasteiger partial charge >= 0.3 is 0 Å². The van der Waals surface area contributed by atoms with Gasteiger partial charge in [-0.05, 0) is 56.6 Å². The Morgan fingerprint density at radius 2 is 1.89 bits per heavy atom. The maximum atomic E-state index is 12.5. The first-order valence-corrected chi connectivity index (χ1v) is 10.5. The molecule has 0 aliphatic carbocycles. The van der Waals surface area contributed by atoms with Crippen LogP contribution in [0.1, 0.15) is 10.4 Å². The highest BCUT2D eigenvalue weighted by molar-refractivity contribution is 7.90. The zero-order valence-electron chi connectivity index (χ0n) is 15.6. The molecule has 0 spiro atoms. The van der Waals surface area contributed by atoms with Gasteiger partial charge in [0.1, 0.15) is 0 Å². The first-order chi connectivity index (χ1) is 12.7. The number of hydrogen-bond donors (Lipinski definition) is 1. The molecule has 27 heavy (non-hydrogen) atoms. The van der Waals surface area contributed by atoms with E-state index in [-0.39, 0.29) is 10.8 Å². The molecule has 0 saturated carbocycles. The van der Waals surface area contributed by atoms with Gasteiger partial charge in [0.15, 0.2) is 9.84 Å². The summed E-state index contributed by atoms with van der Waals surface area (Å²) in [5, 5.41) is 3.88. The number of sulfone groups is 1. The van der Waals surface area contributed by atoms with E-state index in [2.05, 4.69) is 14.8 Å². The third-order valence-electron chi connectivity index (χ3n) is 4.34. The van der Waals surface area contributed by atoms with Gasteiger partial charge in [0.2, 0.25) is 0 Å². The first-order valence-electron chi connectivity index (χ1n) is 8.59. The second kappa shape index (κ2) is 7.54. The fraction of sp³-hybridized carbons (Fsp3) is 0.250. The van der Waals surface area contributed by atoms with Crippen molar-refractivity contribution in [2.45, 2.75) is 11.4 Å². The lowest BCUT2D eigenvalue weighted by Crippen LogP contribution is -2.17. The van der Waals surface area contributed by atoms with Crippen LogP contribution >= 0.6 is 0 Å². The SMILES string of the molecule is CN(C)CCn1ccc2cc(NC(=O)c3cccc(S(C)(=O)=O)c3)ccc21. The van der Waals surface area contributed by atoms with Gasteiger partial charge in [0.05, 0.1) is 4.90 Å². The Morgan fingerprint density at radius 3 is 2.59 bits per heavy atom. The molecule has 0 unspecified atom stereocenters. The van der Waals surface area contributed by atoms with E-state index in [4.69, 9.17) is 0 Å². The van der Waals surface area contributed by atoms with Crippen LogP contribution in [0.15, 0.2) is 59.6 Å². The molecule has 0 fully saturated rings. The van der Waals surface area contributed by atoms with E-state index >= 15 is 0 Å². The van der Waals surface area contributed by atoms with Crippen molar-refractivity contribution >= 4 is 32.3 Å². The summed E-state index contributed by atoms with van der Waals surface area (Å²) in [6.07, 6.45) is 3.16. The summed E-state index contributed by atoms with van der Waals surface area (Å²) in [5.41, 5.74) is 2.08. The van der Waals surface area contributed by atoms with Gasteiger partial charge in [-0.2, -0.15) is 0 Å². The number of nitrogens with one attached hydrogen (secondary N) is 1. The fourth-order valence-electron chi connectivity index (χ4n) is 2.85. The number of amides is 1. The van der Waals surface area contributed by atoms with Crippen LogP contribution in [-0.2, 0) is 16.4 Å². The molecule has 0 atom stereocenters. The van der Waals surface area contributed by atoms with Crippen LogP contribution in [0.2, 0.25) is 0 Å². The largest absolute Gasteiger partial charge is 0.346 e. The van der Waals surface area contributed by atoms with Crippen LogP contribution in [0, 0.1) is 0 Å². The Bertz CT molecular complexity index is 1080. The maximum absolute atomic E-state index is 12.5. The maximum Gasteiger partial charge on any atom is 0.255 e. The van der Waals surface area contributed by atoms with Gasteiger partial charge in [-0.25, -0.2) is 8.42 Å². The molecule has 7 heteroatoms. The molecule has 0 aliphatic rings. The van der Waals surface area contributed by atoms with Crippen molar-refractivity contribution in [3.05, 3.63) is 60.3 Å². The van der Waals surface area contributed by atoms with Gasteiger partial charge in [-0.1, -0.05) is 6.07 Å². The van der Waals surface area contributed by atoms with Crippen LogP contribution in [-0.4, -0.2) is 50.7 Å². The Hall–Kier alpha value is -2.64. The van der Waals surface area contributed by atoms with E-state index in [1.54, 1.807) is 12.1 Å². The highest BCUT2D eigenvalue weighted by Crippen LogP contribution is 2.21. The van der Waals surface area contributed by atoms with Crippen molar-refractivity contribution in [1.82, 2.24) is 9.47 Å². The number of fused-ring (bicyclic) bond motifs is 1. The summed E-state index contributed by atoms with van der Waals surface area (Å²) in [4.78, 5) is 14.8. The molecule has 1 N–H and O–H groups in total. The molecule has 3 rings (SSSR count). The number of anilines is 1. The number of likely N-dealkylation sites (N-methyl/N-ethyl adjacent to an activating group) is 1. The number of carbonyl (C=O) groups is 1. The van der Waals surface area contributed by atoms with Gasteiger partial charge in [-0.3, -0.25) is 4.79 Å². The second-order valence-electron chi connectivity index (χ2n) is 6.84. The number of carbonyl (C=O) groups excluding carboxylic acids is 1. The molecule has 1 amide bonds. The van der Waals surface area contributed by atoms with E-state index in [1.165, 1.54) is 12.1 Å². The minimum absolute atomic E-state index is 0.128. The van der Waals surface area contributed by atoms with Crippen LogP contribution < -0.4 is 5.32 Å². The van der Waals surface area contributed by atoms with Crippen LogP contribution in [0.4, 0.5) is 5.69 Å². The molecular weight excluding hydrogens is 362 g/mol. The van der Waals surface area contributed by atoms with Gasteiger partial charge in [-0.15, -0.1) is 0 Å². The van der Waals surface area contributed by atoms with E-state index < -0.39 is 9.84 Å². The molecule has 3 aromatic rings. The monoisotopic (exact) mass is 385 g/mol. The van der Waals surface area contributed by atoms with E-state index in [9.17, 15) is 13.2 Å². The topological polar surface area (TPSA) is 71.4 Å². The summed E-state index contributed by atoms with van der Waals surface area (Å²) in [7, 11) is 0.724. The van der Waals surface area contributed by atoms with Gasteiger partial charge in [0.25, 0.3) is 5.91 Å². The third kappa shape index (κ3) is 4.56. The van der Waals surface area contributed by atoms with E-state index in [0.29, 0.717) is 11.3 Å². The molecule has 2 aromatic carbocycles. The molecular formula is C20H23N3O3S. The molecule has 1 aromatic heterocycles. The van der Waals surface area contributed by atoms with Crippen molar-refractivity contribution in [2.75, 3.05) is 32.2 Å². The highest BCUT2D eigenvalue weighted by atomic mass is 32.2. The predicted octanol–water partition coefficient (Wildman–Crippen LogP) is 2.86. The number of hydrogen-bond acceptors (Lipinski definition) is 4. The number of benzene rings is 2. The summed E-state index contributed by atoms with van der Waals surface area (Å²) in [6, 6.07) is 13.8. The second-order valence-corrected chi connectivity index (χ2v) is 8.86. The minimum atomic E-state index is -3.36. The Labute approximate surface area is 159 Å². The Morgan fingerprint density at radius 1 is 1.11 bits per heavy atom. The average Bonchev–Trinajstić information content (AvgIpc) is 3.01. The lowest BCUT2D eigenvalue weighted by Gasteiger charge is -2.11. The zero-order chi connectivity index (χ0) is 19.6. The number of rotatable bonds is 6. The molecule has 6 nitrogen and oxygen atoms in total. The summed E-state index contributed by atoms with van der Waals surface area (Å²) in [6.45, 7) is 1.83. The molecule has 1 heterocycles. The summed E-state index contributed by atoms with van der Waals surface area (Å²) >= 11 is 0. The molecule has 0 aliphatic heterocycles. The van der Waals surface area contributed by atoms with Crippen LogP contribution in [0.5, 0.6) is 0 Å². The molecule has 0 bridgehead atoms. The number of aromatic nitrogens is 1. The van der Waals surface area contributed by atoms with Crippen LogP contribution in [0.3, 0.4) is 0 Å². The normalized spacial score (nSPS) is 11.9. The van der Waals surface area contributed by atoms with E-state index in [0.717, 1.165) is 30.2 Å². The Balaban J connectivity index is 1.79. The fourth-order valence-corrected chi connectivity index (χ4v) is 3.52. The van der Waals surface area contributed by atoms with E-state index in [1.807, 2.05) is 44.6 Å². The van der Waals surface area contributed by atoms with Gasteiger partial charge < -0.3 is 14.8 Å². The molecule has 142 valence electrons. The number of nitrogens with zero attached hydrogens (tertiary/aromatic N) is 2. The van der Waals surface area contributed by atoms with Crippen molar-refractivity contribution in [3.8, 4) is 0 Å². The van der Waals surface area contributed by atoms with Crippen molar-refractivity contribution in [3.63, 3.8) is 0 Å². The highest BCUT2D eigenvalue weighted by Gasteiger charge is 2.12. The molecule has 0 radical (unpaired) electrons. The van der Waals surface area contributed by atoms with Crippen molar-refractivity contribution in [2.24, 2.45) is 0 Å². The van der Waals surface area contributed by atoms with Crippen molar-refractivity contribution < 1.29 is 13.2 Å². The lowest BCUT2D eigenvalue weighted by atomic mass is 10.2. The summed E-state index contributed by atoms with van der Waals surface area (Å²) in [5.74, 6) is -0.341. The van der Waals surface area contributed by atoms with Gasteiger partial charge in [0, 0.05) is 47.7 Å². The Kier molecular flexibility index (Phi) is 5.34. The van der Waals surface area contributed by atoms with Crippen molar-refractivity contribution in [1.29, 1.82) is 0 Å². The standard InChI is InChI=1S/C20H23N3O3S/c1-22(2)11-12-23-10-9-15-13-17(7-8-19(15)23)21-20(24)16-5-4-6-18(14-16)27(3,25)26/h4-10,13-14H,11-12H2,1-3H3,(H,21,24). The van der Waals surface area contributed by atoms with Crippen LogP contribution in [0.25, 0.3) is 10.9 Å². The smallest absolute Gasteiger partial charge is 0.255 e. The average molecular weight is 385 g/mol. The zero-order valence-corrected chi connectivity index (χ0v) is 16.5. The summed E-state index contributed by atoms with van der Waals surface area (Å²) < 4.78 is 25.5. The quantitative estimate of drug-likeness (QED) is 0.708. The predicted molar refractivity (Wildman–Crippen MR) is 108 cm³/mol. The minimum Gasteiger partial charge on any atom is -0.346 e. The molecule has 0 saturated heterocycles. The third-order valence-corrected chi connectivity index (χ3v) is 5.45. The first kappa shape index (κ1) is 19.1. The lowest BCUT2D eigenvalue weighted by molar-refractivity contribution is 0.102.